The zero-order valence-electron chi connectivity index (χ0n) is 14.3. The summed E-state index contributed by atoms with van der Waals surface area (Å²) >= 11 is 0. The van der Waals surface area contributed by atoms with Crippen LogP contribution in [0.2, 0.25) is 0 Å². The van der Waals surface area contributed by atoms with E-state index in [9.17, 15) is 9.59 Å². The Morgan fingerprint density at radius 2 is 2.17 bits per heavy atom. The van der Waals surface area contributed by atoms with Crippen molar-refractivity contribution in [1.29, 1.82) is 0 Å². The Morgan fingerprint density at radius 3 is 2.88 bits per heavy atom. The molecule has 7 heteroatoms. The van der Waals surface area contributed by atoms with Crippen LogP contribution in [0.15, 0.2) is 24.3 Å². The van der Waals surface area contributed by atoms with E-state index < -0.39 is 6.03 Å². The van der Waals surface area contributed by atoms with Crippen LogP contribution in [-0.4, -0.2) is 56.2 Å². The standard InChI is InChI=1S/C17H26N4O3/c1-3-21-12-13(24-15-8-5-4-7-14(15)21)11-20(2)16(22)9-6-10-19-17(18)23/h4-5,7-8,13H,3,6,9-12H2,1-2H3,(H3,18,19,23). The SMILES string of the molecule is CCN1CC(CN(C)C(=O)CCCNC(N)=O)Oc2ccccc21. The monoisotopic (exact) mass is 334 g/mol. The maximum Gasteiger partial charge on any atom is 0.312 e. The normalized spacial score (nSPS) is 16.1. The first-order valence-corrected chi connectivity index (χ1v) is 8.29. The number of urea groups is 1. The first-order valence-electron chi connectivity index (χ1n) is 8.29. The maximum atomic E-state index is 12.2. The molecular weight excluding hydrogens is 308 g/mol. The lowest BCUT2D eigenvalue weighted by Gasteiger charge is -2.37. The Kier molecular flexibility index (Phi) is 6.28. The molecule has 7 nitrogen and oxygen atoms in total. The summed E-state index contributed by atoms with van der Waals surface area (Å²) in [5, 5.41) is 2.48. The molecule has 0 spiro atoms. The third-order valence-electron chi connectivity index (χ3n) is 4.08. The van der Waals surface area contributed by atoms with E-state index in [0.717, 1.165) is 24.5 Å². The summed E-state index contributed by atoms with van der Waals surface area (Å²) in [7, 11) is 1.78. The second kappa shape index (κ2) is 8.42. The Balaban J connectivity index is 1.85. The van der Waals surface area contributed by atoms with Crippen LogP contribution in [0.1, 0.15) is 19.8 Å². The van der Waals surface area contributed by atoms with Crippen LogP contribution < -0.4 is 20.7 Å². The van der Waals surface area contributed by atoms with E-state index in [2.05, 4.69) is 23.2 Å². The number of hydrogen-bond acceptors (Lipinski definition) is 4. The van der Waals surface area contributed by atoms with Gasteiger partial charge in [-0.25, -0.2) is 4.79 Å². The number of ether oxygens (including phenoxy) is 1. The topological polar surface area (TPSA) is 87.9 Å². The molecule has 1 aromatic carbocycles. The maximum absolute atomic E-state index is 12.2. The molecule has 132 valence electrons. The van der Waals surface area contributed by atoms with E-state index in [0.29, 0.717) is 25.9 Å². The highest BCUT2D eigenvalue weighted by molar-refractivity contribution is 5.76. The van der Waals surface area contributed by atoms with Crippen molar-refractivity contribution in [3.05, 3.63) is 24.3 Å². The van der Waals surface area contributed by atoms with Crippen molar-refractivity contribution >= 4 is 17.6 Å². The highest BCUT2D eigenvalue weighted by atomic mass is 16.5. The lowest BCUT2D eigenvalue weighted by atomic mass is 10.1. The third-order valence-corrected chi connectivity index (χ3v) is 4.08. The van der Waals surface area contributed by atoms with Gasteiger partial charge >= 0.3 is 6.03 Å². The molecule has 0 aromatic heterocycles. The second-order valence-corrected chi connectivity index (χ2v) is 5.92. The zero-order chi connectivity index (χ0) is 17.5. The van der Waals surface area contributed by atoms with Crippen molar-refractivity contribution in [1.82, 2.24) is 10.2 Å². The van der Waals surface area contributed by atoms with Crippen molar-refractivity contribution in [2.45, 2.75) is 25.9 Å². The first kappa shape index (κ1) is 17.9. The van der Waals surface area contributed by atoms with E-state index in [4.69, 9.17) is 10.5 Å². The van der Waals surface area contributed by atoms with E-state index in [1.165, 1.54) is 0 Å². The number of hydrogen-bond donors (Lipinski definition) is 2. The number of nitrogens with zero attached hydrogens (tertiary/aromatic N) is 2. The number of carbonyl (C=O) groups excluding carboxylic acids is 2. The first-order chi connectivity index (χ1) is 11.5. The molecule has 1 aromatic rings. The molecule has 2 rings (SSSR count). The summed E-state index contributed by atoms with van der Waals surface area (Å²) in [6, 6.07) is 7.40. The highest BCUT2D eigenvalue weighted by Gasteiger charge is 2.26. The highest BCUT2D eigenvalue weighted by Crippen LogP contribution is 2.32. The summed E-state index contributed by atoms with van der Waals surface area (Å²) in [6.07, 6.45) is 0.886. The number of amides is 3. The number of likely N-dealkylation sites (N-methyl/N-ethyl adjacent to an activating group) is 2. The van der Waals surface area contributed by atoms with Crippen LogP contribution >= 0.6 is 0 Å². The number of fused-ring (bicyclic) bond motifs is 1. The van der Waals surface area contributed by atoms with Gasteiger partial charge in [-0.3, -0.25) is 4.79 Å². The summed E-state index contributed by atoms with van der Waals surface area (Å²) in [5.41, 5.74) is 6.09. The van der Waals surface area contributed by atoms with Gasteiger partial charge in [0.2, 0.25) is 5.91 Å². The number of primary amides is 1. The van der Waals surface area contributed by atoms with Crippen LogP contribution in [0.25, 0.3) is 0 Å². The Morgan fingerprint density at radius 1 is 1.42 bits per heavy atom. The molecule has 1 aliphatic heterocycles. The Bertz CT molecular complexity index is 579. The van der Waals surface area contributed by atoms with Gasteiger partial charge < -0.3 is 25.6 Å². The van der Waals surface area contributed by atoms with Gasteiger partial charge in [-0.15, -0.1) is 0 Å². The van der Waals surface area contributed by atoms with Gasteiger partial charge in [-0.1, -0.05) is 12.1 Å². The predicted molar refractivity (Wildman–Crippen MR) is 93.2 cm³/mol. The number of carbonyl (C=O) groups is 2. The number of benzene rings is 1. The lowest BCUT2D eigenvalue weighted by Crippen LogP contribution is -2.46. The number of rotatable bonds is 7. The predicted octanol–water partition coefficient (Wildman–Crippen LogP) is 1.18. The zero-order valence-corrected chi connectivity index (χ0v) is 14.3. The van der Waals surface area contributed by atoms with Gasteiger partial charge in [-0.2, -0.15) is 0 Å². The van der Waals surface area contributed by atoms with Crippen LogP contribution in [0.3, 0.4) is 0 Å². The fourth-order valence-electron chi connectivity index (χ4n) is 2.82. The molecule has 3 amide bonds. The summed E-state index contributed by atoms with van der Waals surface area (Å²) < 4.78 is 6.03. The van der Waals surface area contributed by atoms with Crippen LogP contribution in [0, 0.1) is 0 Å². The van der Waals surface area contributed by atoms with Gasteiger partial charge in [-0.05, 0) is 25.5 Å². The molecule has 1 heterocycles. The number of para-hydroxylation sites is 2. The van der Waals surface area contributed by atoms with Crippen LogP contribution in [0.4, 0.5) is 10.5 Å². The van der Waals surface area contributed by atoms with E-state index in [-0.39, 0.29) is 12.0 Å². The fourth-order valence-corrected chi connectivity index (χ4v) is 2.82. The minimum atomic E-state index is -0.565. The van der Waals surface area contributed by atoms with Crippen molar-refractivity contribution in [2.24, 2.45) is 5.73 Å². The summed E-state index contributed by atoms with van der Waals surface area (Å²) in [5.74, 6) is 0.897. The van der Waals surface area contributed by atoms with Crippen LogP contribution in [0.5, 0.6) is 5.75 Å². The van der Waals surface area contributed by atoms with Gasteiger partial charge in [0.15, 0.2) is 0 Å². The lowest BCUT2D eigenvalue weighted by molar-refractivity contribution is -0.131. The molecule has 1 aliphatic rings. The van der Waals surface area contributed by atoms with E-state index >= 15 is 0 Å². The quantitative estimate of drug-likeness (QED) is 0.733. The van der Waals surface area contributed by atoms with Crippen molar-refractivity contribution in [3.8, 4) is 5.75 Å². The smallest absolute Gasteiger partial charge is 0.312 e. The molecule has 0 saturated heterocycles. The van der Waals surface area contributed by atoms with Crippen molar-refractivity contribution < 1.29 is 14.3 Å². The fraction of sp³-hybridized carbons (Fsp3) is 0.529. The molecule has 1 atom stereocenters. The molecule has 0 radical (unpaired) electrons. The minimum absolute atomic E-state index is 0.0341. The summed E-state index contributed by atoms with van der Waals surface area (Å²) in [4.78, 5) is 26.7. The number of nitrogens with one attached hydrogen (secondary N) is 1. The van der Waals surface area contributed by atoms with Crippen molar-refractivity contribution in [3.63, 3.8) is 0 Å². The molecule has 0 saturated carbocycles. The molecule has 1 unspecified atom stereocenters. The largest absolute Gasteiger partial charge is 0.485 e. The third kappa shape index (κ3) is 4.78. The van der Waals surface area contributed by atoms with Gasteiger partial charge in [0.25, 0.3) is 0 Å². The summed E-state index contributed by atoms with van der Waals surface area (Å²) in [6.45, 7) is 4.71. The number of nitrogens with two attached hydrogens (primary N) is 1. The van der Waals surface area contributed by atoms with Gasteiger partial charge in [0, 0.05) is 26.6 Å². The Labute approximate surface area is 142 Å². The second-order valence-electron chi connectivity index (χ2n) is 5.92. The Hall–Kier alpha value is -2.44. The minimum Gasteiger partial charge on any atom is -0.485 e. The van der Waals surface area contributed by atoms with Crippen molar-refractivity contribution in [2.75, 3.05) is 38.1 Å². The van der Waals surface area contributed by atoms with Crippen LogP contribution in [-0.2, 0) is 4.79 Å². The average Bonchev–Trinajstić information content (AvgIpc) is 2.57. The van der Waals surface area contributed by atoms with E-state index in [1.54, 1.807) is 11.9 Å². The molecule has 0 bridgehead atoms. The molecular formula is C17H26N4O3. The van der Waals surface area contributed by atoms with Gasteiger partial charge in [0.1, 0.15) is 11.9 Å². The number of anilines is 1. The average molecular weight is 334 g/mol. The molecule has 24 heavy (non-hydrogen) atoms. The molecule has 0 fully saturated rings. The van der Waals surface area contributed by atoms with Gasteiger partial charge in [0.05, 0.1) is 18.8 Å². The molecule has 3 N–H and O–H groups in total. The molecule has 0 aliphatic carbocycles. The van der Waals surface area contributed by atoms with E-state index in [1.807, 2.05) is 18.2 Å².